The fourth-order valence-corrected chi connectivity index (χ4v) is 2.39. The van der Waals surface area contributed by atoms with Crippen LogP contribution in [0.25, 0.3) is 0 Å². The monoisotopic (exact) mass is 445 g/mol. The predicted molar refractivity (Wildman–Crippen MR) is 97.2 cm³/mol. The fourth-order valence-electron chi connectivity index (χ4n) is 1.88. The Balaban J connectivity index is 1.81. The van der Waals surface area contributed by atoms with Crippen LogP contribution in [0.5, 0.6) is 11.5 Å². The van der Waals surface area contributed by atoms with Gasteiger partial charge in [-0.15, -0.1) is 0 Å². The molecule has 0 bridgehead atoms. The van der Waals surface area contributed by atoms with E-state index in [0.29, 0.717) is 20.9 Å². The van der Waals surface area contributed by atoms with Crippen LogP contribution in [0.2, 0.25) is 5.02 Å². The minimum Gasteiger partial charge on any atom is -0.495 e. The van der Waals surface area contributed by atoms with Crippen molar-refractivity contribution in [3.05, 3.63) is 51.7 Å². The van der Waals surface area contributed by atoms with Gasteiger partial charge in [-0.25, -0.2) is 9.18 Å². The van der Waals surface area contributed by atoms with E-state index in [4.69, 9.17) is 25.8 Å². The van der Waals surface area contributed by atoms with Crippen molar-refractivity contribution in [2.75, 3.05) is 25.6 Å². The van der Waals surface area contributed by atoms with Crippen LogP contribution in [-0.4, -0.2) is 32.2 Å². The summed E-state index contributed by atoms with van der Waals surface area (Å²) in [7, 11) is 1.44. The summed E-state index contributed by atoms with van der Waals surface area (Å²) in [6.07, 6.45) is 0. The number of carbonyl (C=O) groups excluding carboxylic acids is 2. The number of anilines is 1. The molecule has 1 N–H and O–H groups in total. The number of carbonyl (C=O) groups is 2. The highest BCUT2D eigenvalue weighted by molar-refractivity contribution is 9.10. The third-order valence-electron chi connectivity index (χ3n) is 3.04. The minimum atomic E-state index is -0.819. The number of ether oxygens (including phenoxy) is 3. The summed E-state index contributed by atoms with van der Waals surface area (Å²) in [6, 6.07) is 8.83. The van der Waals surface area contributed by atoms with Crippen LogP contribution >= 0.6 is 27.5 Å². The molecule has 1 amide bonds. The third-order valence-corrected chi connectivity index (χ3v) is 3.77. The van der Waals surface area contributed by atoms with Gasteiger partial charge in [-0.2, -0.15) is 0 Å². The van der Waals surface area contributed by atoms with E-state index in [1.54, 1.807) is 18.2 Å². The van der Waals surface area contributed by atoms with Crippen molar-refractivity contribution < 1.29 is 28.2 Å². The molecular weight excluding hydrogens is 433 g/mol. The van der Waals surface area contributed by atoms with E-state index in [-0.39, 0.29) is 5.75 Å². The SMILES string of the molecule is COc1ccc(Cl)cc1NC(=O)COC(=O)COc1ccc(Br)cc1F. The number of hydrogen-bond donors (Lipinski definition) is 1. The highest BCUT2D eigenvalue weighted by Gasteiger charge is 2.13. The maximum atomic E-state index is 13.6. The van der Waals surface area contributed by atoms with Crippen LogP contribution in [0.4, 0.5) is 10.1 Å². The van der Waals surface area contributed by atoms with Crippen molar-refractivity contribution in [3.8, 4) is 11.5 Å². The van der Waals surface area contributed by atoms with Gasteiger partial charge in [0.15, 0.2) is 24.8 Å². The summed E-state index contributed by atoms with van der Waals surface area (Å²) < 4.78 is 29.0. The number of hydrogen-bond acceptors (Lipinski definition) is 5. The Hall–Kier alpha value is -2.32. The highest BCUT2D eigenvalue weighted by Crippen LogP contribution is 2.27. The first-order chi connectivity index (χ1) is 12.4. The lowest BCUT2D eigenvalue weighted by Gasteiger charge is -2.11. The lowest BCUT2D eigenvalue weighted by molar-refractivity contribution is -0.149. The minimum absolute atomic E-state index is 0.0988. The van der Waals surface area contributed by atoms with Crippen LogP contribution < -0.4 is 14.8 Å². The van der Waals surface area contributed by atoms with Crippen LogP contribution in [0.15, 0.2) is 40.9 Å². The predicted octanol–water partition coefficient (Wildman–Crippen LogP) is 3.81. The maximum Gasteiger partial charge on any atom is 0.344 e. The molecule has 0 heterocycles. The average Bonchev–Trinajstić information content (AvgIpc) is 2.59. The van der Waals surface area contributed by atoms with Crippen molar-refractivity contribution in [2.24, 2.45) is 0 Å². The highest BCUT2D eigenvalue weighted by atomic mass is 79.9. The summed E-state index contributed by atoms with van der Waals surface area (Å²) in [5, 5.41) is 2.92. The summed E-state index contributed by atoms with van der Waals surface area (Å²) in [6.45, 7) is -1.08. The molecule has 0 aromatic heterocycles. The summed E-state index contributed by atoms with van der Waals surface area (Å²) >= 11 is 8.97. The molecular formula is C17H14BrClFNO5. The molecule has 6 nitrogen and oxygen atoms in total. The fraction of sp³-hybridized carbons (Fsp3) is 0.176. The quantitative estimate of drug-likeness (QED) is 0.655. The number of nitrogens with one attached hydrogen (secondary N) is 1. The Morgan fingerprint density at radius 1 is 1.15 bits per heavy atom. The molecule has 2 aromatic carbocycles. The zero-order valence-corrected chi connectivity index (χ0v) is 15.9. The van der Waals surface area contributed by atoms with Gasteiger partial charge in [0.05, 0.1) is 12.8 Å². The number of methoxy groups -OCH3 is 1. The molecule has 0 spiro atoms. The summed E-state index contributed by atoms with van der Waals surface area (Å²) in [5.41, 5.74) is 0.342. The molecule has 0 unspecified atom stereocenters. The number of esters is 1. The Labute approximate surface area is 162 Å². The molecule has 0 aliphatic heterocycles. The topological polar surface area (TPSA) is 73.9 Å². The van der Waals surface area contributed by atoms with Crippen LogP contribution in [-0.2, 0) is 14.3 Å². The molecule has 2 aromatic rings. The van der Waals surface area contributed by atoms with Crippen molar-refractivity contribution in [3.63, 3.8) is 0 Å². The molecule has 0 fully saturated rings. The molecule has 0 saturated carbocycles. The zero-order chi connectivity index (χ0) is 19.1. The van der Waals surface area contributed by atoms with Crippen LogP contribution in [0.3, 0.4) is 0 Å². The molecule has 26 heavy (non-hydrogen) atoms. The van der Waals surface area contributed by atoms with Gasteiger partial charge in [-0.3, -0.25) is 4.79 Å². The van der Waals surface area contributed by atoms with Crippen molar-refractivity contribution in [2.45, 2.75) is 0 Å². The molecule has 2 rings (SSSR count). The van der Waals surface area contributed by atoms with Gasteiger partial charge >= 0.3 is 5.97 Å². The molecule has 138 valence electrons. The van der Waals surface area contributed by atoms with Gasteiger partial charge in [-0.1, -0.05) is 27.5 Å². The first kappa shape index (κ1) is 20.0. The van der Waals surface area contributed by atoms with Crippen molar-refractivity contribution in [1.29, 1.82) is 0 Å². The van der Waals surface area contributed by atoms with Gasteiger partial charge in [-0.05, 0) is 36.4 Å². The molecule has 0 saturated heterocycles. The summed E-state index contributed by atoms with van der Waals surface area (Å²) in [4.78, 5) is 23.5. The zero-order valence-electron chi connectivity index (χ0n) is 13.6. The summed E-state index contributed by atoms with van der Waals surface area (Å²) in [5.74, 6) is -1.73. The van der Waals surface area contributed by atoms with E-state index in [0.717, 1.165) is 0 Å². The molecule has 0 radical (unpaired) electrons. The van der Waals surface area contributed by atoms with Gasteiger partial charge in [0.2, 0.25) is 0 Å². The van der Waals surface area contributed by atoms with Crippen LogP contribution in [0.1, 0.15) is 0 Å². The molecule has 9 heteroatoms. The Morgan fingerprint density at radius 2 is 1.88 bits per heavy atom. The lowest BCUT2D eigenvalue weighted by Crippen LogP contribution is -2.24. The van der Waals surface area contributed by atoms with E-state index in [1.807, 2.05) is 0 Å². The second kappa shape index (κ2) is 9.40. The average molecular weight is 447 g/mol. The molecule has 0 aliphatic rings. The number of benzene rings is 2. The van der Waals surface area contributed by atoms with Gasteiger partial charge in [0, 0.05) is 9.50 Å². The van der Waals surface area contributed by atoms with E-state index in [9.17, 15) is 14.0 Å². The molecule has 0 atom stereocenters. The Bertz CT molecular complexity index is 818. The van der Waals surface area contributed by atoms with E-state index >= 15 is 0 Å². The number of amides is 1. The number of halogens is 3. The van der Waals surface area contributed by atoms with Gasteiger partial charge in [0.1, 0.15) is 5.75 Å². The van der Waals surface area contributed by atoms with Gasteiger partial charge < -0.3 is 19.5 Å². The standard InChI is InChI=1S/C17H14BrClFNO5/c1-24-15-5-3-11(19)7-13(15)21-16(22)8-26-17(23)9-25-14-4-2-10(18)6-12(14)20/h2-7H,8-9H2,1H3,(H,21,22). The normalized spacial score (nSPS) is 10.2. The lowest BCUT2D eigenvalue weighted by atomic mass is 10.3. The first-order valence-electron chi connectivity index (χ1n) is 7.26. The second-order valence-corrected chi connectivity index (χ2v) is 6.27. The smallest absolute Gasteiger partial charge is 0.344 e. The van der Waals surface area contributed by atoms with Crippen molar-refractivity contribution >= 4 is 45.1 Å². The molecule has 0 aliphatic carbocycles. The first-order valence-corrected chi connectivity index (χ1v) is 8.43. The largest absolute Gasteiger partial charge is 0.495 e. The van der Waals surface area contributed by atoms with E-state index in [2.05, 4.69) is 21.2 Å². The van der Waals surface area contributed by atoms with Crippen LogP contribution in [0, 0.1) is 5.82 Å². The van der Waals surface area contributed by atoms with Gasteiger partial charge in [0.25, 0.3) is 5.91 Å². The van der Waals surface area contributed by atoms with E-state index < -0.39 is 30.9 Å². The Kier molecular flexibility index (Phi) is 7.23. The third kappa shape index (κ3) is 5.89. The maximum absolute atomic E-state index is 13.6. The van der Waals surface area contributed by atoms with Crippen molar-refractivity contribution in [1.82, 2.24) is 0 Å². The Morgan fingerprint density at radius 3 is 2.58 bits per heavy atom. The van der Waals surface area contributed by atoms with E-state index in [1.165, 1.54) is 25.3 Å². The second-order valence-electron chi connectivity index (χ2n) is 4.92. The number of rotatable bonds is 7.